The molecule has 1 atom stereocenters. The van der Waals surface area contributed by atoms with Crippen molar-refractivity contribution in [3.8, 4) is 11.5 Å². The van der Waals surface area contributed by atoms with Crippen LogP contribution >= 0.6 is 0 Å². The highest BCUT2D eigenvalue weighted by Gasteiger charge is 2.05. The smallest absolute Gasteiger partial charge is 0.142 e. The van der Waals surface area contributed by atoms with E-state index in [0.717, 1.165) is 17.2 Å². The molecule has 0 saturated heterocycles. The maximum atomic E-state index is 9.17. The number of hydrogen-bond acceptors (Lipinski definition) is 4. The van der Waals surface area contributed by atoms with E-state index in [-0.39, 0.29) is 0 Å². The largest absolute Gasteiger partial charge is 0.497 e. The summed E-state index contributed by atoms with van der Waals surface area (Å²) in [5.74, 6) is 1.49. The molecule has 1 rings (SSSR count). The van der Waals surface area contributed by atoms with Gasteiger partial charge in [0.25, 0.3) is 0 Å². The third-order valence-corrected chi connectivity index (χ3v) is 1.99. The normalized spacial score (nSPS) is 12.0. The summed E-state index contributed by atoms with van der Waals surface area (Å²) in [7, 11) is 3.22. The van der Waals surface area contributed by atoms with E-state index in [4.69, 9.17) is 14.6 Å². The number of ether oxygens (including phenoxy) is 2. The van der Waals surface area contributed by atoms with Crippen molar-refractivity contribution in [2.24, 2.45) is 0 Å². The van der Waals surface area contributed by atoms with Gasteiger partial charge in [-0.1, -0.05) is 0 Å². The Hall–Kier alpha value is -1.42. The fraction of sp³-hybridized carbons (Fsp3) is 0.455. The second kappa shape index (κ2) is 5.46. The van der Waals surface area contributed by atoms with E-state index >= 15 is 0 Å². The highest BCUT2D eigenvalue weighted by atomic mass is 16.5. The molecule has 0 bridgehead atoms. The number of benzene rings is 1. The van der Waals surface area contributed by atoms with Gasteiger partial charge in [0.15, 0.2) is 0 Å². The van der Waals surface area contributed by atoms with Crippen LogP contribution in [0.4, 0.5) is 5.69 Å². The maximum absolute atomic E-state index is 9.17. The van der Waals surface area contributed by atoms with Crippen LogP contribution in [0, 0.1) is 0 Å². The van der Waals surface area contributed by atoms with Gasteiger partial charge in [-0.05, 0) is 19.1 Å². The molecule has 0 unspecified atom stereocenters. The van der Waals surface area contributed by atoms with Crippen molar-refractivity contribution in [3.63, 3.8) is 0 Å². The molecule has 4 nitrogen and oxygen atoms in total. The first kappa shape index (κ1) is 11.7. The van der Waals surface area contributed by atoms with Crippen LogP contribution in [0.2, 0.25) is 0 Å². The highest BCUT2D eigenvalue weighted by Crippen LogP contribution is 2.28. The van der Waals surface area contributed by atoms with Crippen LogP contribution in [-0.2, 0) is 0 Å². The topological polar surface area (TPSA) is 50.7 Å². The molecule has 0 spiro atoms. The first-order chi connectivity index (χ1) is 7.17. The van der Waals surface area contributed by atoms with Gasteiger partial charge in [0.1, 0.15) is 11.5 Å². The van der Waals surface area contributed by atoms with Crippen molar-refractivity contribution in [1.29, 1.82) is 0 Å². The van der Waals surface area contributed by atoms with Gasteiger partial charge >= 0.3 is 0 Å². The molecule has 2 N–H and O–H groups in total. The van der Waals surface area contributed by atoms with Gasteiger partial charge in [0.2, 0.25) is 0 Å². The Labute approximate surface area is 89.8 Å². The Balaban J connectivity index is 2.81. The number of aliphatic hydroxyl groups excluding tert-OH is 1. The van der Waals surface area contributed by atoms with E-state index < -0.39 is 6.10 Å². The molecule has 0 aromatic heterocycles. The van der Waals surface area contributed by atoms with Gasteiger partial charge < -0.3 is 19.9 Å². The molecular weight excluding hydrogens is 194 g/mol. The summed E-state index contributed by atoms with van der Waals surface area (Å²) in [4.78, 5) is 0. The molecule has 0 aliphatic carbocycles. The van der Waals surface area contributed by atoms with Crippen LogP contribution in [0.25, 0.3) is 0 Å². The van der Waals surface area contributed by atoms with Gasteiger partial charge in [-0.3, -0.25) is 0 Å². The third-order valence-electron chi connectivity index (χ3n) is 1.99. The number of methoxy groups -OCH3 is 2. The average molecular weight is 211 g/mol. The summed E-state index contributed by atoms with van der Waals surface area (Å²) < 4.78 is 10.3. The molecule has 0 aliphatic heterocycles. The number of hydrogen-bond donors (Lipinski definition) is 2. The Morgan fingerprint density at radius 2 is 2.07 bits per heavy atom. The van der Waals surface area contributed by atoms with Crippen molar-refractivity contribution in [2.75, 3.05) is 26.1 Å². The lowest BCUT2D eigenvalue weighted by Crippen LogP contribution is -2.15. The SMILES string of the molecule is COc1ccc(OC)c(NC[C@H](C)O)c1. The number of nitrogens with one attached hydrogen (secondary N) is 1. The standard InChI is InChI=1S/C11H17NO3/c1-8(13)7-12-10-6-9(14-2)4-5-11(10)15-3/h4-6,8,12-13H,7H2,1-3H3/t8-/m0/s1. The number of rotatable bonds is 5. The zero-order valence-electron chi connectivity index (χ0n) is 9.28. The summed E-state index contributed by atoms with van der Waals surface area (Å²) in [5.41, 5.74) is 0.817. The first-order valence-electron chi connectivity index (χ1n) is 4.81. The average Bonchev–Trinajstić information content (AvgIpc) is 2.25. The van der Waals surface area contributed by atoms with Gasteiger partial charge in [0, 0.05) is 12.6 Å². The lowest BCUT2D eigenvalue weighted by Gasteiger charge is -2.13. The summed E-state index contributed by atoms with van der Waals surface area (Å²) >= 11 is 0. The molecule has 15 heavy (non-hydrogen) atoms. The predicted octanol–water partition coefficient (Wildman–Crippen LogP) is 1.50. The fourth-order valence-corrected chi connectivity index (χ4v) is 1.21. The second-order valence-corrected chi connectivity index (χ2v) is 3.30. The van der Waals surface area contributed by atoms with Crippen molar-refractivity contribution >= 4 is 5.69 Å². The van der Waals surface area contributed by atoms with E-state index in [0.29, 0.717) is 6.54 Å². The van der Waals surface area contributed by atoms with Crippen LogP contribution in [-0.4, -0.2) is 32.0 Å². The predicted molar refractivity (Wildman–Crippen MR) is 59.7 cm³/mol. The van der Waals surface area contributed by atoms with Gasteiger partial charge in [-0.2, -0.15) is 0 Å². The van der Waals surface area contributed by atoms with Crippen molar-refractivity contribution in [2.45, 2.75) is 13.0 Å². The van der Waals surface area contributed by atoms with E-state index in [2.05, 4.69) is 5.32 Å². The second-order valence-electron chi connectivity index (χ2n) is 3.30. The van der Waals surface area contributed by atoms with Crippen LogP contribution in [0.15, 0.2) is 18.2 Å². The minimum absolute atomic E-state index is 0.402. The summed E-state index contributed by atoms with van der Waals surface area (Å²) in [6, 6.07) is 5.48. The van der Waals surface area contributed by atoms with E-state index in [9.17, 15) is 0 Å². The monoisotopic (exact) mass is 211 g/mol. The molecule has 1 aromatic rings. The highest BCUT2D eigenvalue weighted by molar-refractivity contribution is 5.59. The Morgan fingerprint density at radius 1 is 1.33 bits per heavy atom. The molecule has 0 amide bonds. The zero-order chi connectivity index (χ0) is 11.3. The third kappa shape index (κ3) is 3.32. The van der Waals surface area contributed by atoms with Crippen molar-refractivity contribution in [3.05, 3.63) is 18.2 Å². The van der Waals surface area contributed by atoms with E-state index in [1.165, 1.54) is 0 Å². The first-order valence-corrected chi connectivity index (χ1v) is 4.81. The van der Waals surface area contributed by atoms with Crippen LogP contribution in [0.1, 0.15) is 6.92 Å². The van der Waals surface area contributed by atoms with Crippen LogP contribution in [0.5, 0.6) is 11.5 Å². The molecule has 84 valence electrons. The van der Waals surface area contributed by atoms with E-state index in [1.807, 2.05) is 18.2 Å². The summed E-state index contributed by atoms with van der Waals surface area (Å²) in [5, 5.41) is 12.3. The Bertz CT molecular complexity index is 313. The number of aliphatic hydroxyl groups is 1. The zero-order valence-corrected chi connectivity index (χ0v) is 9.28. The van der Waals surface area contributed by atoms with Crippen LogP contribution < -0.4 is 14.8 Å². The number of anilines is 1. The van der Waals surface area contributed by atoms with Gasteiger partial charge in [-0.15, -0.1) is 0 Å². The Morgan fingerprint density at radius 3 is 2.60 bits per heavy atom. The molecule has 0 fully saturated rings. The lowest BCUT2D eigenvalue weighted by atomic mass is 10.2. The van der Waals surface area contributed by atoms with Crippen molar-refractivity contribution < 1.29 is 14.6 Å². The minimum atomic E-state index is -0.402. The molecule has 4 heteroatoms. The fourth-order valence-electron chi connectivity index (χ4n) is 1.21. The molecule has 0 aliphatic rings. The molecular formula is C11H17NO3. The molecule has 0 saturated carbocycles. The lowest BCUT2D eigenvalue weighted by molar-refractivity contribution is 0.208. The molecule has 1 aromatic carbocycles. The van der Waals surface area contributed by atoms with Crippen LogP contribution in [0.3, 0.4) is 0 Å². The molecule has 0 heterocycles. The minimum Gasteiger partial charge on any atom is -0.497 e. The Kier molecular flexibility index (Phi) is 4.24. The van der Waals surface area contributed by atoms with Gasteiger partial charge in [-0.25, -0.2) is 0 Å². The summed E-state index contributed by atoms with van der Waals surface area (Å²) in [6.07, 6.45) is -0.402. The quantitative estimate of drug-likeness (QED) is 0.775. The summed E-state index contributed by atoms with van der Waals surface area (Å²) in [6.45, 7) is 2.20. The molecule has 0 radical (unpaired) electrons. The van der Waals surface area contributed by atoms with Gasteiger partial charge in [0.05, 0.1) is 26.0 Å². The van der Waals surface area contributed by atoms with E-state index in [1.54, 1.807) is 21.1 Å². The maximum Gasteiger partial charge on any atom is 0.142 e. The van der Waals surface area contributed by atoms with Crippen molar-refractivity contribution in [1.82, 2.24) is 0 Å².